The van der Waals surface area contributed by atoms with Gasteiger partial charge in [-0.05, 0) is 79.9 Å². The minimum atomic E-state index is -0.0138. The van der Waals surface area contributed by atoms with Gasteiger partial charge < -0.3 is 15.1 Å². The number of hydrogen-bond acceptors (Lipinski definition) is 3. The Morgan fingerprint density at radius 3 is 2.46 bits per heavy atom. The summed E-state index contributed by atoms with van der Waals surface area (Å²) in [6, 6.07) is 8.04. The van der Waals surface area contributed by atoms with Crippen molar-refractivity contribution in [3.63, 3.8) is 0 Å². The van der Waals surface area contributed by atoms with Crippen LogP contribution in [-0.2, 0) is 0 Å². The van der Waals surface area contributed by atoms with E-state index in [9.17, 15) is 4.79 Å². The van der Waals surface area contributed by atoms with E-state index >= 15 is 0 Å². The first-order valence-electron chi connectivity index (χ1n) is 9.82. The van der Waals surface area contributed by atoms with Crippen LogP contribution in [0, 0.1) is 17.8 Å². The normalized spacial score (nSPS) is 33.2. The van der Waals surface area contributed by atoms with Crippen LogP contribution in [0.1, 0.15) is 55.1 Å². The van der Waals surface area contributed by atoms with Crippen molar-refractivity contribution < 1.29 is 9.21 Å². The highest BCUT2D eigenvalue weighted by Crippen LogP contribution is 2.55. The van der Waals surface area contributed by atoms with E-state index in [-0.39, 0.29) is 17.5 Å². The molecule has 2 aromatic rings. The van der Waals surface area contributed by atoms with Gasteiger partial charge in [0.1, 0.15) is 5.76 Å². The molecule has 4 saturated carbocycles. The number of nitrogens with one attached hydrogen (secondary N) is 2. The molecular formula is C21H26N2O2S. The number of furan rings is 1. The minimum absolute atomic E-state index is 0.0138. The standard InChI is InChI=1S/C21H26N2O2S/c24-20(23-21-10-14-7-15(11-21)9-16(8-14)12-21)22-13-17(18-3-1-5-25-18)19-4-2-6-26-19/h1-6,14-17H,7-13H2,(H2,22,23,24)/t14?,15?,16?,17-,21?/m1/s1. The van der Waals surface area contributed by atoms with Crippen molar-refractivity contribution in [1.82, 2.24) is 10.6 Å². The summed E-state index contributed by atoms with van der Waals surface area (Å²) in [7, 11) is 0. The largest absolute Gasteiger partial charge is 0.469 e. The molecule has 26 heavy (non-hydrogen) atoms. The van der Waals surface area contributed by atoms with Gasteiger partial charge in [-0.1, -0.05) is 6.07 Å². The van der Waals surface area contributed by atoms with Crippen LogP contribution in [0.2, 0.25) is 0 Å². The summed E-state index contributed by atoms with van der Waals surface area (Å²) in [6.45, 7) is 0.562. The maximum absolute atomic E-state index is 12.7. The highest BCUT2D eigenvalue weighted by molar-refractivity contribution is 7.10. The maximum atomic E-state index is 12.7. The number of carbonyl (C=O) groups is 1. The molecule has 138 valence electrons. The van der Waals surface area contributed by atoms with Crippen LogP contribution in [0.15, 0.2) is 40.3 Å². The second-order valence-corrected chi connectivity index (χ2v) is 9.60. The van der Waals surface area contributed by atoms with E-state index in [1.165, 1.54) is 43.4 Å². The lowest BCUT2D eigenvalue weighted by molar-refractivity contribution is -0.0135. The smallest absolute Gasteiger partial charge is 0.315 e. The van der Waals surface area contributed by atoms with Crippen LogP contribution < -0.4 is 10.6 Å². The summed E-state index contributed by atoms with van der Waals surface area (Å²) in [6.07, 6.45) is 9.41. The Morgan fingerprint density at radius 1 is 1.15 bits per heavy atom. The third-order valence-electron chi connectivity index (χ3n) is 6.66. The molecule has 0 unspecified atom stereocenters. The van der Waals surface area contributed by atoms with Gasteiger partial charge in [-0.25, -0.2) is 4.79 Å². The third-order valence-corrected chi connectivity index (χ3v) is 7.64. The van der Waals surface area contributed by atoms with Crippen LogP contribution in [0.25, 0.3) is 0 Å². The van der Waals surface area contributed by atoms with Crippen LogP contribution >= 0.6 is 11.3 Å². The molecule has 4 aliphatic carbocycles. The Labute approximate surface area is 158 Å². The monoisotopic (exact) mass is 370 g/mol. The Kier molecular flexibility index (Phi) is 4.07. The van der Waals surface area contributed by atoms with Crippen LogP contribution in [0.3, 0.4) is 0 Å². The van der Waals surface area contributed by atoms with Gasteiger partial charge in [0.15, 0.2) is 0 Å². The Morgan fingerprint density at radius 2 is 1.88 bits per heavy atom. The first kappa shape index (κ1) is 16.4. The van der Waals surface area contributed by atoms with Crippen molar-refractivity contribution in [2.24, 2.45) is 17.8 Å². The molecule has 6 rings (SSSR count). The summed E-state index contributed by atoms with van der Waals surface area (Å²) in [5.41, 5.74) is 0.0575. The zero-order valence-electron chi connectivity index (χ0n) is 14.9. The highest BCUT2D eigenvalue weighted by Gasteiger charge is 2.51. The summed E-state index contributed by atoms with van der Waals surface area (Å²) in [5, 5.41) is 8.59. The van der Waals surface area contributed by atoms with E-state index in [0.29, 0.717) is 6.54 Å². The number of amides is 2. The van der Waals surface area contributed by atoms with Crippen molar-refractivity contribution in [3.05, 3.63) is 46.5 Å². The van der Waals surface area contributed by atoms with Gasteiger partial charge in [-0.15, -0.1) is 11.3 Å². The fourth-order valence-electron chi connectivity index (χ4n) is 6.06. The molecule has 0 spiro atoms. The first-order chi connectivity index (χ1) is 12.7. The Hall–Kier alpha value is -1.75. The van der Waals surface area contributed by atoms with Gasteiger partial charge in [-0.3, -0.25) is 0 Å². The number of carbonyl (C=O) groups excluding carboxylic acids is 1. The second kappa shape index (κ2) is 6.45. The molecule has 2 heterocycles. The molecule has 2 amide bonds. The lowest BCUT2D eigenvalue weighted by Crippen LogP contribution is -2.61. The number of rotatable bonds is 5. The maximum Gasteiger partial charge on any atom is 0.315 e. The highest BCUT2D eigenvalue weighted by atomic mass is 32.1. The van der Waals surface area contributed by atoms with Crippen LogP contribution in [0.5, 0.6) is 0 Å². The molecule has 0 aromatic carbocycles. The molecule has 0 aliphatic heterocycles. The molecule has 1 atom stereocenters. The average Bonchev–Trinajstić information content (AvgIpc) is 3.27. The molecule has 2 N–H and O–H groups in total. The van der Waals surface area contributed by atoms with Gasteiger partial charge in [0.25, 0.3) is 0 Å². The molecular weight excluding hydrogens is 344 g/mol. The molecule has 0 radical (unpaired) electrons. The minimum Gasteiger partial charge on any atom is -0.469 e. The fourth-order valence-corrected chi connectivity index (χ4v) is 6.90. The zero-order chi connectivity index (χ0) is 17.6. The number of hydrogen-bond donors (Lipinski definition) is 2. The third kappa shape index (κ3) is 3.07. The lowest BCUT2D eigenvalue weighted by Gasteiger charge is -2.56. The summed E-state index contributed by atoms with van der Waals surface area (Å²) < 4.78 is 5.62. The van der Waals surface area contributed by atoms with Gasteiger partial charge in [0.2, 0.25) is 0 Å². The van der Waals surface area contributed by atoms with Crippen LogP contribution in [0.4, 0.5) is 4.79 Å². The van der Waals surface area contributed by atoms with Gasteiger partial charge in [0, 0.05) is 17.0 Å². The van der Waals surface area contributed by atoms with E-state index < -0.39 is 0 Å². The fraction of sp³-hybridized carbons (Fsp3) is 0.571. The number of thiophene rings is 1. The predicted molar refractivity (Wildman–Crippen MR) is 102 cm³/mol. The lowest BCUT2D eigenvalue weighted by atomic mass is 9.53. The molecule has 4 nitrogen and oxygen atoms in total. The average molecular weight is 371 g/mol. The van der Waals surface area contributed by atoms with Crippen molar-refractivity contribution in [2.45, 2.75) is 50.0 Å². The van der Waals surface area contributed by atoms with E-state index in [4.69, 9.17) is 4.42 Å². The number of urea groups is 1. The topological polar surface area (TPSA) is 54.3 Å². The Balaban J connectivity index is 1.24. The molecule has 2 aromatic heterocycles. The molecule has 0 saturated heterocycles. The van der Waals surface area contributed by atoms with Crippen molar-refractivity contribution >= 4 is 17.4 Å². The summed E-state index contributed by atoms with van der Waals surface area (Å²) >= 11 is 1.70. The van der Waals surface area contributed by atoms with E-state index in [0.717, 1.165) is 23.5 Å². The molecule has 4 fully saturated rings. The van der Waals surface area contributed by atoms with Gasteiger partial charge in [-0.2, -0.15) is 0 Å². The molecule has 5 heteroatoms. The van der Waals surface area contributed by atoms with Crippen molar-refractivity contribution in [2.75, 3.05) is 6.54 Å². The zero-order valence-corrected chi connectivity index (χ0v) is 15.8. The van der Waals surface area contributed by atoms with Crippen molar-refractivity contribution in [3.8, 4) is 0 Å². The second-order valence-electron chi connectivity index (χ2n) is 8.62. The molecule has 4 bridgehead atoms. The molecule has 4 aliphatic rings. The predicted octanol–water partition coefficient (Wildman–Crippen LogP) is 4.74. The van der Waals surface area contributed by atoms with Gasteiger partial charge >= 0.3 is 6.03 Å². The Bertz CT molecular complexity index is 684. The summed E-state index contributed by atoms with van der Waals surface area (Å²) in [5.74, 6) is 3.49. The quantitative estimate of drug-likeness (QED) is 0.799. The van der Waals surface area contributed by atoms with Crippen molar-refractivity contribution in [1.29, 1.82) is 0 Å². The first-order valence-corrected chi connectivity index (χ1v) is 10.7. The van der Waals surface area contributed by atoms with Crippen LogP contribution in [-0.4, -0.2) is 18.1 Å². The van der Waals surface area contributed by atoms with E-state index in [2.05, 4.69) is 22.1 Å². The SMILES string of the molecule is O=C(NC[C@H](c1ccco1)c1cccs1)NC12CC3CC(CC(C3)C1)C2. The summed E-state index contributed by atoms with van der Waals surface area (Å²) in [4.78, 5) is 13.9. The van der Waals surface area contributed by atoms with E-state index in [1.807, 2.05) is 18.2 Å². The van der Waals surface area contributed by atoms with E-state index in [1.54, 1.807) is 17.6 Å². The van der Waals surface area contributed by atoms with Gasteiger partial charge in [0.05, 0.1) is 12.2 Å².